The molecule has 0 N–H and O–H groups in total. The molecule has 2 fully saturated rings. The lowest BCUT2D eigenvalue weighted by molar-refractivity contribution is 0.331. The van der Waals surface area contributed by atoms with Crippen molar-refractivity contribution in [1.82, 2.24) is 9.80 Å². The van der Waals surface area contributed by atoms with Crippen LogP contribution in [0.15, 0.2) is 35.7 Å². The summed E-state index contributed by atoms with van der Waals surface area (Å²) in [7, 11) is 0. The van der Waals surface area contributed by atoms with Crippen molar-refractivity contribution in [3.05, 3.63) is 46.2 Å². The molecule has 0 saturated carbocycles. The Morgan fingerprint density at radius 1 is 0.739 bits per heavy atom. The monoisotopic (exact) mass is 326 g/mol. The zero-order chi connectivity index (χ0) is 15.5. The molecule has 23 heavy (non-hydrogen) atoms. The highest BCUT2D eigenvalue weighted by molar-refractivity contribution is 7.10. The molecule has 3 heteroatoms. The summed E-state index contributed by atoms with van der Waals surface area (Å²) in [4.78, 5) is 6.64. The van der Waals surface area contributed by atoms with E-state index in [4.69, 9.17) is 0 Å². The molecule has 2 nitrogen and oxygen atoms in total. The van der Waals surface area contributed by atoms with Crippen molar-refractivity contribution in [3.8, 4) is 11.1 Å². The van der Waals surface area contributed by atoms with Crippen LogP contribution in [0.25, 0.3) is 11.1 Å². The second-order valence-corrected chi connectivity index (χ2v) is 7.96. The van der Waals surface area contributed by atoms with Crippen LogP contribution in [0, 0.1) is 0 Å². The molecule has 1 aromatic heterocycles. The van der Waals surface area contributed by atoms with Gasteiger partial charge in [0.05, 0.1) is 0 Å². The van der Waals surface area contributed by atoms with Crippen LogP contribution in [0.5, 0.6) is 0 Å². The van der Waals surface area contributed by atoms with E-state index in [0.29, 0.717) is 0 Å². The summed E-state index contributed by atoms with van der Waals surface area (Å²) >= 11 is 1.91. The van der Waals surface area contributed by atoms with Crippen LogP contribution >= 0.6 is 11.3 Å². The third kappa shape index (κ3) is 3.85. The van der Waals surface area contributed by atoms with E-state index in [0.717, 1.165) is 13.1 Å². The molecule has 0 aliphatic carbocycles. The van der Waals surface area contributed by atoms with Gasteiger partial charge >= 0.3 is 0 Å². The van der Waals surface area contributed by atoms with Crippen LogP contribution in [0.1, 0.15) is 36.1 Å². The van der Waals surface area contributed by atoms with Gasteiger partial charge in [0.2, 0.25) is 0 Å². The highest BCUT2D eigenvalue weighted by Crippen LogP contribution is 2.28. The van der Waals surface area contributed by atoms with E-state index >= 15 is 0 Å². The van der Waals surface area contributed by atoms with E-state index in [-0.39, 0.29) is 0 Å². The van der Waals surface area contributed by atoms with Crippen molar-refractivity contribution in [2.75, 3.05) is 26.2 Å². The molecule has 3 heterocycles. The Kier molecular flexibility index (Phi) is 4.79. The number of rotatable bonds is 5. The van der Waals surface area contributed by atoms with E-state index in [1.165, 1.54) is 73.4 Å². The van der Waals surface area contributed by atoms with Crippen LogP contribution in [-0.2, 0) is 13.1 Å². The first-order chi connectivity index (χ1) is 11.4. The average molecular weight is 327 g/mol. The number of benzene rings is 1. The summed E-state index contributed by atoms with van der Waals surface area (Å²) in [6, 6.07) is 11.6. The molecule has 0 radical (unpaired) electrons. The summed E-state index contributed by atoms with van der Waals surface area (Å²) in [5.41, 5.74) is 4.19. The second kappa shape index (κ2) is 7.16. The van der Waals surface area contributed by atoms with Crippen molar-refractivity contribution in [3.63, 3.8) is 0 Å². The van der Waals surface area contributed by atoms with Crippen LogP contribution in [-0.4, -0.2) is 36.0 Å². The first kappa shape index (κ1) is 15.4. The van der Waals surface area contributed by atoms with Crippen molar-refractivity contribution in [2.24, 2.45) is 0 Å². The lowest BCUT2D eigenvalue weighted by atomic mass is 10.1. The smallest absolute Gasteiger partial charge is 0.0328 e. The van der Waals surface area contributed by atoms with Crippen LogP contribution in [0.2, 0.25) is 0 Å². The maximum Gasteiger partial charge on any atom is 0.0328 e. The van der Waals surface area contributed by atoms with Crippen molar-refractivity contribution < 1.29 is 0 Å². The predicted molar refractivity (Wildman–Crippen MR) is 98.8 cm³/mol. The van der Waals surface area contributed by atoms with Crippen molar-refractivity contribution in [2.45, 2.75) is 38.8 Å². The van der Waals surface area contributed by atoms with Crippen LogP contribution < -0.4 is 0 Å². The quantitative estimate of drug-likeness (QED) is 0.792. The summed E-state index contributed by atoms with van der Waals surface area (Å²) in [6.45, 7) is 7.34. The van der Waals surface area contributed by atoms with Gasteiger partial charge in [0.25, 0.3) is 0 Å². The molecule has 0 amide bonds. The minimum absolute atomic E-state index is 1.12. The number of thiophene rings is 1. The molecule has 2 aliphatic rings. The maximum absolute atomic E-state index is 2.58. The molecule has 2 aliphatic heterocycles. The van der Waals surface area contributed by atoms with Gasteiger partial charge in [-0.05, 0) is 80.0 Å². The summed E-state index contributed by atoms with van der Waals surface area (Å²) < 4.78 is 0. The molecule has 122 valence electrons. The lowest BCUT2D eigenvalue weighted by Gasteiger charge is -2.14. The summed E-state index contributed by atoms with van der Waals surface area (Å²) in [5, 5.41) is 2.32. The van der Waals surface area contributed by atoms with Gasteiger partial charge in [-0.2, -0.15) is 0 Å². The normalized spacial score (nSPS) is 19.7. The van der Waals surface area contributed by atoms with Crippen LogP contribution in [0.4, 0.5) is 0 Å². The van der Waals surface area contributed by atoms with Gasteiger partial charge in [-0.15, -0.1) is 11.3 Å². The van der Waals surface area contributed by atoms with Gasteiger partial charge in [-0.25, -0.2) is 0 Å². The Morgan fingerprint density at radius 3 is 2.00 bits per heavy atom. The lowest BCUT2D eigenvalue weighted by Crippen LogP contribution is -2.18. The highest BCUT2D eigenvalue weighted by Gasteiger charge is 2.14. The van der Waals surface area contributed by atoms with E-state index < -0.39 is 0 Å². The molecule has 0 atom stereocenters. The van der Waals surface area contributed by atoms with Crippen molar-refractivity contribution >= 4 is 11.3 Å². The molecule has 0 bridgehead atoms. The van der Waals surface area contributed by atoms with E-state index in [1.54, 1.807) is 0 Å². The van der Waals surface area contributed by atoms with Gasteiger partial charge in [-0.1, -0.05) is 24.3 Å². The zero-order valence-corrected chi connectivity index (χ0v) is 14.7. The largest absolute Gasteiger partial charge is 0.299 e. The molecule has 1 aromatic carbocycles. The van der Waals surface area contributed by atoms with Gasteiger partial charge in [0, 0.05) is 18.0 Å². The molecule has 2 saturated heterocycles. The molecular weight excluding hydrogens is 300 g/mol. The third-order valence-electron chi connectivity index (χ3n) is 5.12. The SMILES string of the molecule is c1cc(-c2csc(CN3CCCC3)c2)ccc1CN1CCCC1. The first-order valence-corrected chi connectivity index (χ1v) is 9.86. The molecular formula is C20H26N2S. The zero-order valence-electron chi connectivity index (χ0n) is 13.8. The van der Waals surface area contributed by atoms with E-state index in [2.05, 4.69) is 45.5 Å². The maximum atomic E-state index is 2.58. The minimum Gasteiger partial charge on any atom is -0.299 e. The summed E-state index contributed by atoms with van der Waals surface area (Å²) in [5.74, 6) is 0. The number of hydrogen-bond acceptors (Lipinski definition) is 3. The second-order valence-electron chi connectivity index (χ2n) is 6.97. The fourth-order valence-corrected chi connectivity index (χ4v) is 4.71. The van der Waals surface area contributed by atoms with Gasteiger partial charge < -0.3 is 0 Å². The van der Waals surface area contributed by atoms with Crippen LogP contribution in [0.3, 0.4) is 0 Å². The fourth-order valence-electron chi connectivity index (χ4n) is 3.78. The van der Waals surface area contributed by atoms with Gasteiger partial charge in [0.15, 0.2) is 0 Å². The molecule has 4 rings (SSSR count). The Hall–Kier alpha value is -1.16. The number of likely N-dealkylation sites (tertiary alicyclic amines) is 2. The Balaban J connectivity index is 1.40. The Morgan fingerprint density at radius 2 is 1.35 bits per heavy atom. The molecule has 0 spiro atoms. The molecule has 2 aromatic rings. The minimum atomic E-state index is 1.12. The molecule has 0 unspecified atom stereocenters. The Labute approximate surface area is 143 Å². The van der Waals surface area contributed by atoms with E-state index in [1.807, 2.05) is 11.3 Å². The highest BCUT2D eigenvalue weighted by atomic mass is 32.1. The topological polar surface area (TPSA) is 6.48 Å². The van der Waals surface area contributed by atoms with Gasteiger partial charge in [-0.3, -0.25) is 9.80 Å². The average Bonchev–Trinajstić information content (AvgIpc) is 3.31. The van der Waals surface area contributed by atoms with E-state index in [9.17, 15) is 0 Å². The fraction of sp³-hybridized carbons (Fsp3) is 0.500. The third-order valence-corrected chi connectivity index (χ3v) is 6.05. The number of nitrogens with zero attached hydrogens (tertiary/aromatic N) is 2. The summed E-state index contributed by atoms with van der Waals surface area (Å²) in [6.07, 6.45) is 5.48. The first-order valence-electron chi connectivity index (χ1n) is 8.98. The predicted octanol–water partition coefficient (Wildman–Crippen LogP) is 4.61. The number of hydrogen-bond donors (Lipinski definition) is 0. The van der Waals surface area contributed by atoms with Crippen molar-refractivity contribution in [1.29, 1.82) is 0 Å². The van der Waals surface area contributed by atoms with Gasteiger partial charge in [0.1, 0.15) is 0 Å². The standard InChI is InChI=1S/C20H26N2S/c1-2-10-21(9-1)14-17-5-7-18(8-6-17)19-13-20(23-16-19)15-22-11-3-4-12-22/h5-8,13,16H,1-4,9-12,14-15H2. The Bertz CT molecular complexity index is 619.